The molecular weight excluding hydrogens is 198 g/mol. The minimum Gasteiger partial charge on any atom is -0.353 e. The summed E-state index contributed by atoms with van der Waals surface area (Å²) < 4.78 is 0. The van der Waals surface area contributed by atoms with Gasteiger partial charge in [0.05, 0.1) is 0 Å². The molecule has 0 aliphatic rings. The van der Waals surface area contributed by atoms with Gasteiger partial charge in [0.2, 0.25) is 5.91 Å². The van der Waals surface area contributed by atoms with E-state index in [1.165, 1.54) is 17.8 Å². The molecule has 1 N–H and O–H groups in total. The average Bonchev–Trinajstić information content (AvgIpc) is 2.14. The molecule has 0 aliphatic heterocycles. The summed E-state index contributed by atoms with van der Waals surface area (Å²) in [4.78, 5) is 21.4. The molecule has 0 spiro atoms. The molecule has 0 aromatic heterocycles. The van der Waals surface area contributed by atoms with Crippen molar-refractivity contribution in [3.05, 3.63) is 12.7 Å². The van der Waals surface area contributed by atoms with Crippen molar-refractivity contribution in [1.82, 2.24) is 5.32 Å². The van der Waals surface area contributed by atoms with E-state index in [0.29, 0.717) is 12.5 Å². The van der Waals surface area contributed by atoms with Gasteiger partial charge in [-0.1, -0.05) is 25.3 Å². The number of carbonyl (C=O) groups excluding carboxylic acids is 2. The second-order valence-corrected chi connectivity index (χ2v) is 4.39. The molecule has 4 heteroatoms. The Morgan fingerprint density at radius 3 is 2.71 bits per heavy atom. The van der Waals surface area contributed by atoms with Crippen molar-refractivity contribution in [2.75, 3.05) is 12.3 Å². The van der Waals surface area contributed by atoms with E-state index in [-0.39, 0.29) is 11.0 Å². The fraction of sp³-hybridized carbons (Fsp3) is 0.600. The summed E-state index contributed by atoms with van der Waals surface area (Å²) in [7, 11) is 0. The van der Waals surface area contributed by atoms with E-state index in [4.69, 9.17) is 0 Å². The van der Waals surface area contributed by atoms with E-state index in [1.54, 1.807) is 6.92 Å². The summed E-state index contributed by atoms with van der Waals surface area (Å²) in [6.07, 6.45) is 2.15. The number of thioether (sulfide) groups is 1. The molecule has 0 rings (SSSR count). The van der Waals surface area contributed by atoms with Gasteiger partial charge in [0.15, 0.2) is 5.12 Å². The molecule has 0 saturated carbocycles. The lowest BCUT2D eigenvalue weighted by Gasteiger charge is -2.09. The zero-order chi connectivity index (χ0) is 11.0. The molecule has 14 heavy (non-hydrogen) atoms. The van der Waals surface area contributed by atoms with Crippen molar-refractivity contribution >= 4 is 22.8 Å². The van der Waals surface area contributed by atoms with Crippen LogP contribution in [0.3, 0.4) is 0 Å². The largest absolute Gasteiger partial charge is 0.353 e. The molecule has 1 amide bonds. The van der Waals surface area contributed by atoms with Crippen molar-refractivity contribution < 1.29 is 9.59 Å². The summed E-state index contributed by atoms with van der Waals surface area (Å²) in [6, 6.07) is 0. The predicted octanol–water partition coefficient (Wildman–Crippen LogP) is 1.59. The topological polar surface area (TPSA) is 46.2 Å². The number of carbonyl (C=O) groups is 2. The van der Waals surface area contributed by atoms with E-state index < -0.39 is 0 Å². The van der Waals surface area contributed by atoms with Crippen LogP contribution in [0, 0.1) is 5.92 Å². The molecule has 0 bridgehead atoms. The molecule has 0 saturated heterocycles. The summed E-state index contributed by atoms with van der Waals surface area (Å²) in [6.45, 7) is 7.63. The maximum Gasteiger partial charge on any atom is 0.243 e. The van der Waals surface area contributed by atoms with Gasteiger partial charge in [-0.3, -0.25) is 9.59 Å². The third-order valence-corrected chi connectivity index (χ3v) is 2.84. The lowest BCUT2D eigenvalue weighted by Crippen LogP contribution is -2.23. The third kappa shape index (κ3) is 7.86. The van der Waals surface area contributed by atoms with Crippen LogP contribution in [0.5, 0.6) is 0 Å². The zero-order valence-corrected chi connectivity index (χ0v) is 9.52. The molecule has 0 aliphatic carbocycles. The molecule has 1 unspecified atom stereocenters. The normalized spacial score (nSPS) is 11.9. The van der Waals surface area contributed by atoms with Crippen molar-refractivity contribution in [2.24, 2.45) is 5.92 Å². The van der Waals surface area contributed by atoms with Gasteiger partial charge in [0, 0.05) is 19.2 Å². The molecule has 1 atom stereocenters. The van der Waals surface area contributed by atoms with Crippen LogP contribution in [0.1, 0.15) is 20.3 Å². The highest BCUT2D eigenvalue weighted by molar-refractivity contribution is 8.13. The Morgan fingerprint density at radius 1 is 1.57 bits per heavy atom. The van der Waals surface area contributed by atoms with Gasteiger partial charge in [0.1, 0.15) is 0 Å². The lowest BCUT2D eigenvalue weighted by atomic mass is 10.1. The maximum atomic E-state index is 10.8. The Labute approximate surface area is 89.3 Å². The molecule has 80 valence electrons. The van der Waals surface area contributed by atoms with E-state index >= 15 is 0 Å². The maximum absolute atomic E-state index is 10.8. The Morgan fingerprint density at radius 2 is 2.21 bits per heavy atom. The highest BCUT2D eigenvalue weighted by Crippen LogP contribution is 2.11. The van der Waals surface area contributed by atoms with Gasteiger partial charge >= 0.3 is 0 Å². The molecule has 0 aromatic rings. The van der Waals surface area contributed by atoms with Gasteiger partial charge in [-0.15, -0.1) is 0 Å². The van der Waals surface area contributed by atoms with Gasteiger partial charge < -0.3 is 5.32 Å². The van der Waals surface area contributed by atoms with Gasteiger partial charge in [-0.05, 0) is 18.4 Å². The number of amides is 1. The first-order valence-electron chi connectivity index (χ1n) is 4.60. The first-order chi connectivity index (χ1) is 6.56. The lowest BCUT2D eigenvalue weighted by molar-refractivity contribution is -0.116. The fourth-order valence-electron chi connectivity index (χ4n) is 0.857. The van der Waals surface area contributed by atoms with Crippen molar-refractivity contribution in [3.63, 3.8) is 0 Å². The quantitative estimate of drug-likeness (QED) is 0.684. The Hall–Kier alpha value is -0.770. The predicted molar refractivity (Wildman–Crippen MR) is 60.1 cm³/mol. The minimum atomic E-state index is -0.142. The molecular formula is C10H17NO2S. The van der Waals surface area contributed by atoms with Crippen LogP contribution in [0.15, 0.2) is 12.7 Å². The third-order valence-electron chi connectivity index (χ3n) is 1.69. The molecule has 0 radical (unpaired) electrons. The van der Waals surface area contributed by atoms with Gasteiger partial charge in [0.25, 0.3) is 0 Å². The first-order valence-corrected chi connectivity index (χ1v) is 5.58. The minimum absolute atomic E-state index is 0.142. The number of rotatable bonds is 6. The smallest absolute Gasteiger partial charge is 0.243 e. The van der Waals surface area contributed by atoms with Crippen molar-refractivity contribution in [2.45, 2.75) is 20.3 Å². The van der Waals surface area contributed by atoms with Crippen LogP contribution in [0.25, 0.3) is 0 Å². The van der Waals surface area contributed by atoms with E-state index in [9.17, 15) is 9.59 Å². The fourth-order valence-corrected chi connectivity index (χ4v) is 1.54. The van der Waals surface area contributed by atoms with E-state index in [1.807, 2.05) is 0 Å². The van der Waals surface area contributed by atoms with Gasteiger partial charge in [-0.2, -0.15) is 0 Å². The van der Waals surface area contributed by atoms with Gasteiger partial charge in [-0.25, -0.2) is 0 Å². The van der Waals surface area contributed by atoms with Crippen molar-refractivity contribution in [1.29, 1.82) is 0 Å². The van der Waals surface area contributed by atoms with E-state index in [0.717, 1.165) is 12.2 Å². The van der Waals surface area contributed by atoms with Crippen LogP contribution < -0.4 is 5.32 Å². The summed E-state index contributed by atoms with van der Waals surface area (Å²) >= 11 is 1.33. The second-order valence-electron chi connectivity index (χ2n) is 3.19. The van der Waals surface area contributed by atoms with Crippen molar-refractivity contribution in [3.8, 4) is 0 Å². The Kier molecular flexibility index (Phi) is 7.20. The van der Waals surface area contributed by atoms with Crippen LogP contribution in [-0.4, -0.2) is 23.3 Å². The van der Waals surface area contributed by atoms with Crippen LogP contribution >= 0.6 is 11.8 Å². The van der Waals surface area contributed by atoms with Crippen LogP contribution in [-0.2, 0) is 9.59 Å². The standard InChI is InChI=1S/C10H17NO2S/c1-4-10(13)11-6-5-8(2)7-14-9(3)12/h4,8H,1,5-7H2,2-3H3,(H,11,13). The second kappa shape index (κ2) is 7.62. The molecule has 0 heterocycles. The average molecular weight is 215 g/mol. The number of nitrogens with one attached hydrogen (secondary N) is 1. The number of hydrogen-bond acceptors (Lipinski definition) is 3. The molecule has 0 fully saturated rings. The van der Waals surface area contributed by atoms with Crippen LogP contribution in [0.4, 0.5) is 0 Å². The SMILES string of the molecule is C=CC(=O)NCCC(C)CSC(C)=O. The monoisotopic (exact) mass is 215 g/mol. The molecule has 0 aromatic carbocycles. The first kappa shape index (κ1) is 13.2. The zero-order valence-electron chi connectivity index (χ0n) is 8.71. The molecule has 3 nitrogen and oxygen atoms in total. The van der Waals surface area contributed by atoms with E-state index in [2.05, 4.69) is 18.8 Å². The highest BCUT2D eigenvalue weighted by atomic mass is 32.2. The summed E-state index contributed by atoms with van der Waals surface area (Å²) in [5.41, 5.74) is 0. The number of hydrogen-bond donors (Lipinski definition) is 1. The summed E-state index contributed by atoms with van der Waals surface area (Å²) in [5, 5.41) is 2.85. The highest BCUT2D eigenvalue weighted by Gasteiger charge is 2.04. The summed E-state index contributed by atoms with van der Waals surface area (Å²) in [5.74, 6) is 1.12. The Balaban J connectivity index is 3.44. The van der Waals surface area contributed by atoms with Crippen LogP contribution in [0.2, 0.25) is 0 Å². The Bertz CT molecular complexity index is 216.